The number of carboxylic acid groups (broad SMARTS) is 1. The van der Waals surface area contributed by atoms with Crippen molar-refractivity contribution in [3.8, 4) is 11.5 Å². The Hall–Kier alpha value is -3.08. The summed E-state index contributed by atoms with van der Waals surface area (Å²) in [5.74, 6) is -1.80. The summed E-state index contributed by atoms with van der Waals surface area (Å²) in [6.45, 7) is 6.39. The number of phenolic OH excluding ortho intramolecular Hbond substituents is 1. The first-order valence-electron chi connectivity index (χ1n) is 13.2. The minimum atomic E-state index is -1.03. The largest absolute Gasteiger partial charge is 0.508 e. The van der Waals surface area contributed by atoms with Crippen LogP contribution in [0.1, 0.15) is 96.1 Å². The molecule has 0 aliphatic carbocycles. The number of hydrogen-bond acceptors (Lipinski definition) is 4. The maximum Gasteiger partial charge on any atom is 0.318 e. The van der Waals surface area contributed by atoms with Gasteiger partial charge in [0.05, 0.1) is 12.3 Å². The Morgan fingerprint density at radius 2 is 1.39 bits per heavy atom. The van der Waals surface area contributed by atoms with Crippen LogP contribution in [0.3, 0.4) is 0 Å². The number of aliphatic carboxylic acids is 1. The lowest BCUT2D eigenvalue weighted by molar-refractivity contribution is -0.144. The van der Waals surface area contributed by atoms with Gasteiger partial charge in [-0.15, -0.1) is 0 Å². The van der Waals surface area contributed by atoms with Crippen molar-refractivity contribution in [2.24, 2.45) is 5.92 Å². The van der Waals surface area contributed by atoms with Crippen LogP contribution in [-0.4, -0.2) is 22.2 Å². The summed E-state index contributed by atoms with van der Waals surface area (Å²) < 4.78 is 5.52. The predicted molar refractivity (Wildman–Crippen MR) is 144 cm³/mol. The molecule has 1 atom stereocenters. The van der Waals surface area contributed by atoms with Gasteiger partial charge in [0, 0.05) is 5.41 Å². The van der Waals surface area contributed by atoms with Crippen LogP contribution in [0.25, 0.3) is 0 Å². The van der Waals surface area contributed by atoms with Crippen molar-refractivity contribution in [3.05, 3.63) is 71.8 Å². The van der Waals surface area contributed by atoms with Gasteiger partial charge in [-0.2, -0.15) is 0 Å². The van der Waals surface area contributed by atoms with Crippen LogP contribution >= 0.6 is 0 Å². The highest BCUT2D eigenvalue weighted by Gasteiger charge is 2.24. The monoisotopic (exact) mass is 494 g/mol. The Labute approximate surface area is 216 Å². The van der Waals surface area contributed by atoms with Gasteiger partial charge in [0.1, 0.15) is 11.5 Å². The Kier molecular flexibility index (Phi) is 12.2. The van der Waals surface area contributed by atoms with Crippen molar-refractivity contribution in [1.29, 1.82) is 0 Å². The fourth-order valence-corrected chi connectivity index (χ4v) is 4.25. The van der Waals surface area contributed by atoms with Crippen molar-refractivity contribution in [1.82, 2.24) is 0 Å². The molecule has 0 spiro atoms. The van der Waals surface area contributed by atoms with Gasteiger partial charge in [0.2, 0.25) is 0 Å². The molecule has 2 aromatic rings. The zero-order chi connectivity index (χ0) is 26.4. The molecular weight excluding hydrogens is 452 g/mol. The maximum atomic E-state index is 12.7. The number of carbonyl (C=O) groups is 2. The number of allylic oxidation sites excluding steroid dienone is 1. The molecule has 0 aromatic heterocycles. The molecule has 1 unspecified atom stereocenters. The molecule has 0 saturated carbocycles. The molecule has 36 heavy (non-hydrogen) atoms. The second kappa shape index (κ2) is 15.1. The van der Waals surface area contributed by atoms with Crippen LogP contribution < -0.4 is 4.74 Å². The molecule has 5 heteroatoms. The van der Waals surface area contributed by atoms with Gasteiger partial charge < -0.3 is 14.9 Å². The maximum absolute atomic E-state index is 12.7. The fraction of sp³-hybridized carbons (Fsp3) is 0.484. The molecule has 0 heterocycles. The van der Waals surface area contributed by atoms with Gasteiger partial charge in [-0.25, -0.2) is 0 Å². The molecular formula is C31H42O5. The second-order valence-corrected chi connectivity index (χ2v) is 10.0. The summed E-state index contributed by atoms with van der Waals surface area (Å²) in [4.78, 5) is 24.0. The molecule has 0 saturated heterocycles. The van der Waals surface area contributed by atoms with Crippen LogP contribution in [0.4, 0.5) is 0 Å². The van der Waals surface area contributed by atoms with Gasteiger partial charge in [-0.3, -0.25) is 9.59 Å². The van der Waals surface area contributed by atoms with E-state index in [1.54, 1.807) is 30.3 Å². The molecule has 0 radical (unpaired) electrons. The Balaban J connectivity index is 1.89. The number of benzene rings is 2. The first kappa shape index (κ1) is 29.2. The van der Waals surface area contributed by atoms with E-state index in [2.05, 4.69) is 20.8 Å². The summed E-state index contributed by atoms with van der Waals surface area (Å²) in [6, 6.07) is 14.4. The highest BCUT2D eigenvalue weighted by Crippen LogP contribution is 2.33. The fourth-order valence-electron chi connectivity index (χ4n) is 4.25. The van der Waals surface area contributed by atoms with E-state index in [0.717, 1.165) is 30.4 Å². The number of unbranched alkanes of at least 4 members (excludes halogenated alkanes) is 8. The van der Waals surface area contributed by atoms with E-state index in [1.165, 1.54) is 38.5 Å². The summed E-state index contributed by atoms with van der Waals surface area (Å²) >= 11 is 0. The van der Waals surface area contributed by atoms with Crippen LogP contribution in [0.2, 0.25) is 0 Å². The average Bonchev–Trinajstić information content (AvgIpc) is 2.84. The third-order valence-corrected chi connectivity index (χ3v) is 6.67. The number of esters is 1. The standard InChI is InChI=1S/C31H42O5/c1-4-5-6-7-8-9-10-11-12-13-14-24(23-29(33)34)30(35)36-28-21-17-26(18-22-28)31(2,3)25-15-19-27(32)20-16-25/h13-22,24,32H,4-12,23H2,1-3H3,(H,33,34). The topological polar surface area (TPSA) is 83.8 Å². The Morgan fingerprint density at radius 1 is 0.861 bits per heavy atom. The summed E-state index contributed by atoms with van der Waals surface area (Å²) in [7, 11) is 0. The van der Waals surface area contributed by atoms with E-state index in [-0.39, 0.29) is 17.6 Å². The van der Waals surface area contributed by atoms with E-state index in [9.17, 15) is 19.8 Å². The molecule has 2 N–H and O–H groups in total. The van der Waals surface area contributed by atoms with E-state index in [4.69, 9.17) is 4.74 Å². The SMILES string of the molecule is CCCCCCCCCCC=CC(CC(=O)O)C(=O)Oc1ccc(C(C)(C)c2ccc(O)cc2)cc1. The van der Waals surface area contributed by atoms with Crippen molar-refractivity contribution >= 4 is 11.9 Å². The normalized spacial score (nSPS) is 12.5. The average molecular weight is 495 g/mol. The van der Waals surface area contributed by atoms with Crippen LogP contribution in [0.5, 0.6) is 11.5 Å². The third kappa shape index (κ3) is 9.88. The summed E-state index contributed by atoms with van der Waals surface area (Å²) in [5, 5.41) is 18.8. The Bertz CT molecular complexity index is 957. The lowest BCUT2D eigenvalue weighted by Gasteiger charge is -2.26. The van der Waals surface area contributed by atoms with Gasteiger partial charge >= 0.3 is 11.9 Å². The first-order chi connectivity index (χ1) is 17.2. The number of hydrogen-bond donors (Lipinski definition) is 2. The van der Waals surface area contributed by atoms with Gasteiger partial charge in [0.15, 0.2) is 0 Å². The smallest absolute Gasteiger partial charge is 0.318 e. The summed E-state index contributed by atoms with van der Waals surface area (Å²) in [6.07, 6.45) is 14.0. The van der Waals surface area contributed by atoms with Crippen molar-refractivity contribution in [2.45, 2.75) is 90.4 Å². The minimum absolute atomic E-state index is 0.222. The second-order valence-electron chi connectivity index (χ2n) is 10.0. The molecule has 2 rings (SSSR count). The first-order valence-corrected chi connectivity index (χ1v) is 13.2. The van der Waals surface area contributed by atoms with Gasteiger partial charge in [-0.05, 0) is 48.2 Å². The molecule has 196 valence electrons. The van der Waals surface area contributed by atoms with E-state index >= 15 is 0 Å². The number of rotatable bonds is 16. The summed E-state index contributed by atoms with van der Waals surface area (Å²) in [5.41, 5.74) is 1.77. The molecule has 2 aromatic carbocycles. The molecule has 0 amide bonds. The van der Waals surface area contributed by atoms with E-state index in [0.29, 0.717) is 5.75 Å². The Morgan fingerprint density at radius 3 is 1.94 bits per heavy atom. The van der Waals surface area contributed by atoms with Crippen LogP contribution in [0.15, 0.2) is 60.7 Å². The minimum Gasteiger partial charge on any atom is -0.508 e. The van der Waals surface area contributed by atoms with Crippen LogP contribution in [0, 0.1) is 5.92 Å². The molecule has 0 bridgehead atoms. The van der Waals surface area contributed by atoms with Crippen molar-refractivity contribution in [3.63, 3.8) is 0 Å². The number of carboxylic acids is 1. The highest BCUT2D eigenvalue weighted by molar-refractivity contribution is 5.82. The lowest BCUT2D eigenvalue weighted by atomic mass is 9.78. The highest BCUT2D eigenvalue weighted by atomic mass is 16.5. The van der Waals surface area contributed by atoms with Crippen molar-refractivity contribution in [2.75, 3.05) is 0 Å². The third-order valence-electron chi connectivity index (χ3n) is 6.67. The van der Waals surface area contributed by atoms with Crippen LogP contribution in [-0.2, 0) is 15.0 Å². The molecule has 0 aliphatic heterocycles. The molecule has 0 aliphatic rings. The van der Waals surface area contributed by atoms with Crippen molar-refractivity contribution < 1.29 is 24.5 Å². The lowest BCUT2D eigenvalue weighted by Crippen LogP contribution is -2.22. The number of phenols is 1. The number of ether oxygens (including phenoxy) is 1. The van der Waals surface area contributed by atoms with E-state index in [1.807, 2.05) is 30.3 Å². The van der Waals surface area contributed by atoms with E-state index < -0.39 is 17.9 Å². The predicted octanol–water partition coefficient (Wildman–Crippen LogP) is 7.80. The molecule has 5 nitrogen and oxygen atoms in total. The molecule has 0 fully saturated rings. The van der Waals surface area contributed by atoms with Gasteiger partial charge in [-0.1, -0.05) is 102 Å². The quantitative estimate of drug-likeness (QED) is 0.108. The number of aromatic hydroxyl groups is 1. The zero-order valence-corrected chi connectivity index (χ0v) is 22.0. The number of carbonyl (C=O) groups excluding carboxylic acids is 1. The van der Waals surface area contributed by atoms with Gasteiger partial charge in [0.25, 0.3) is 0 Å². The zero-order valence-electron chi connectivity index (χ0n) is 22.0.